The largest absolute Gasteiger partial charge is 0.481 e. The second-order valence-corrected chi connectivity index (χ2v) is 5.89. The molecule has 0 saturated carbocycles. The number of amides is 1. The molecule has 0 aromatic carbocycles. The number of aromatic nitrogens is 2. The third kappa shape index (κ3) is 3.04. The van der Waals surface area contributed by atoms with E-state index in [0.29, 0.717) is 24.8 Å². The molecule has 0 N–H and O–H groups in total. The highest BCUT2D eigenvalue weighted by molar-refractivity contribution is 7.08. The zero-order valence-electron chi connectivity index (χ0n) is 12.7. The molecule has 0 spiro atoms. The molecule has 3 rings (SSSR count). The number of anilines is 1. The molecule has 0 aliphatic carbocycles. The van der Waals surface area contributed by atoms with Gasteiger partial charge in [0.2, 0.25) is 5.88 Å². The van der Waals surface area contributed by atoms with Crippen LogP contribution in [0.4, 0.5) is 5.82 Å². The molecular formula is C15H18N4O2S. The van der Waals surface area contributed by atoms with E-state index < -0.39 is 0 Å². The molecule has 1 aliphatic heterocycles. The summed E-state index contributed by atoms with van der Waals surface area (Å²) in [5, 5.41) is 3.83. The van der Waals surface area contributed by atoms with Crippen LogP contribution in [-0.4, -0.2) is 54.1 Å². The van der Waals surface area contributed by atoms with Crippen molar-refractivity contribution in [1.82, 2.24) is 14.9 Å². The average Bonchev–Trinajstić information content (AvgIpc) is 3.08. The van der Waals surface area contributed by atoms with E-state index in [9.17, 15) is 4.79 Å². The smallest absolute Gasteiger partial charge is 0.254 e. The minimum atomic E-state index is 0.109. The first-order valence-corrected chi connectivity index (χ1v) is 8.08. The van der Waals surface area contributed by atoms with Crippen molar-refractivity contribution in [2.45, 2.75) is 6.92 Å². The monoisotopic (exact) mass is 318 g/mol. The molecule has 1 amide bonds. The number of ether oxygens (including phenoxy) is 1. The quantitative estimate of drug-likeness (QED) is 0.864. The lowest BCUT2D eigenvalue weighted by Gasteiger charge is -2.35. The fourth-order valence-electron chi connectivity index (χ4n) is 2.50. The van der Waals surface area contributed by atoms with E-state index in [1.54, 1.807) is 18.4 Å². The molecule has 2 aromatic rings. The Morgan fingerprint density at radius 3 is 2.68 bits per heavy atom. The van der Waals surface area contributed by atoms with Crippen LogP contribution in [0, 0.1) is 6.92 Å². The van der Waals surface area contributed by atoms with Crippen LogP contribution in [0.3, 0.4) is 0 Å². The van der Waals surface area contributed by atoms with Crippen molar-refractivity contribution in [3.8, 4) is 5.88 Å². The normalized spacial score (nSPS) is 15.0. The van der Waals surface area contributed by atoms with Crippen LogP contribution in [0.2, 0.25) is 0 Å². The van der Waals surface area contributed by atoms with Gasteiger partial charge in [0.15, 0.2) is 0 Å². The summed E-state index contributed by atoms with van der Waals surface area (Å²) in [5.74, 6) is 2.22. The lowest BCUT2D eigenvalue weighted by molar-refractivity contribution is 0.0747. The standard InChI is InChI=1S/C15H18N4O2S/c1-11-16-13(9-14(17-11)21-2)18-4-6-19(7-5-18)15(20)12-3-8-22-10-12/h3,8-10H,4-7H2,1-2H3. The molecule has 1 fully saturated rings. The zero-order valence-corrected chi connectivity index (χ0v) is 13.5. The molecule has 3 heterocycles. The van der Waals surface area contributed by atoms with Crippen molar-refractivity contribution in [3.63, 3.8) is 0 Å². The van der Waals surface area contributed by atoms with Crippen molar-refractivity contribution in [3.05, 3.63) is 34.3 Å². The Hall–Kier alpha value is -2.15. The highest BCUT2D eigenvalue weighted by atomic mass is 32.1. The molecule has 1 aliphatic rings. The van der Waals surface area contributed by atoms with Crippen LogP contribution >= 0.6 is 11.3 Å². The van der Waals surface area contributed by atoms with Gasteiger partial charge in [0, 0.05) is 37.6 Å². The SMILES string of the molecule is COc1cc(N2CCN(C(=O)c3ccsc3)CC2)nc(C)n1. The average molecular weight is 318 g/mol. The third-order valence-corrected chi connectivity index (χ3v) is 4.35. The predicted molar refractivity (Wildman–Crippen MR) is 85.8 cm³/mol. The van der Waals surface area contributed by atoms with Gasteiger partial charge in [0.25, 0.3) is 5.91 Å². The van der Waals surface area contributed by atoms with Crippen molar-refractivity contribution in [2.75, 3.05) is 38.2 Å². The van der Waals surface area contributed by atoms with E-state index in [1.165, 1.54) is 0 Å². The van der Waals surface area contributed by atoms with Gasteiger partial charge in [-0.1, -0.05) is 0 Å². The van der Waals surface area contributed by atoms with Crippen LogP contribution in [0.1, 0.15) is 16.2 Å². The number of nitrogens with zero attached hydrogens (tertiary/aromatic N) is 4. The van der Waals surface area contributed by atoms with Gasteiger partial charge in [-0.15, -0.1) is 0 Å². The fraction of sp³-hybridized carbons (Fsp3) is 0.400. The van der Waals surface area contributed by atoms with E-state index in [-0.39, 0.29) is 5.91 Å². The van der Waals surface area contributed by atoms with E-state index in [0.717, 1.165) is 24.5 Å². The number of carbonyl (C=O) groups is 1. The molecule has 0 unspecified atom stereocenters. The van der Waals surface area contributed by atoms with Gasteiger partial charge in [-0.3, -0.25) is 4.79 Å². The minimum absolute atomic E-state index is 0.109. The van der Waals surface area contributed by atoms with Gasteiger partial charge in [-0.2, -0.15) is 16.3 Å². The van der Waals surface area contributed by atoms with Gasteiger partial charge in [-0.25, -0.2) is 4.98 Å². The van der Waals surface area contributed by atoms with Crippen molar-refractivity contribution < 1.29 is 9.53 Å². The van der Waals surface area contributed by atoms with Crippen LogP contribution < -0.4 is 9.64 Å². The Labute approximate surface area is 133 Å². The third-order valence-electron chi connectivity index (χ3n) is 3.67. The zero-order chi connectivity index (χ0) is 15.5. The van der Waals surface area contributed by atoms with Crippen molar-refractivity contribution in [1.29, 1.82) is 0 Å². The van der Waals surface area contributed by atoms with Crippen LogP contribution in [0.15, 0.2) is 22.9 Å². The number of aryl methyl sites for hydroxylation is 1. The van der Waals surface area contributed by atoms with Crippen molar-refractivity contribution >= 4 is 23.1 Å². The molecule has 7 heteroatoms. The summed E-state index contributed by atoms with van der Waals surface area (Å²) >= 11 is 1.55. The summed E-state index contributed by atoms with van der Waals surface area (Å²) in [6.45, 7) is 4.76. The molecule has 22 heavy (non-hydrogen) atoms. The van der Waals surface area contributed by atoms with Gasteiger partial charge in [-0.05, 0) is 18.4 Å². The van der Waals surface area contributed by atoms with E-state index in [1.807, 2.05) is 34.7 Å². The summed E-state index contributed by atoms with van der Waals surface area (Å²) < 4.78 is 5.19. The predicted octanol–water partition coefficient (Wildman–Crippen LogP) is 1.82. The molecule has 116 valence electrons. The maximum atomic E-state index is 12.3. The second-order valence-electron chi connectivity index (χ2n) is 5.11. The Morgan fingerprint density at radius 2 is 2.05 bits per heavy atom. The van der Waals surface area contributed by atoms with Gasteiger partial charge in [0.05, 0.1) is 12.7 Å². The Balaban J connectivity index is 1.67. The number of piperazine rings is 1. The Kier molecular flexibility index (Phi) is 4.24. The number of hydrogen-bond donors (Lipinski definition) is 0. The molecule has 0 bridgehead atoms. The number of carbonyl (C=O) groups excluding carboxylic acids is 1. The minimum Gasteiger partial charge on any atom is -0.481 e. The molecule has 6 nitrogen and oxygen atoms in total. The fourth-order valence-corrected chi connectivity index (χ4v) is 3.13. The summed E-state index contributed by atoms with van der Waals surface area (Å²) in [5.41, 5.74) is 0.776. The topological polar surface area (TPSA) is 58.6 Å². The number of hydrogen-bond acceptors (Lipinski definition) is 6. The molecule has 2 aromatic heterocycles. The van der Waals surface area contributed by atoms with E-state index in [4.69, 9.17) is 4.74 Å². The first kappa shape index (κ1) is 14.8. The van der Waals surface area contributed by atoms with Crippen LogP contribution in [-0.2, 0) is 0 Å². The molecule has 0 radical (unpaired) electrons. The van der Waals surface area contributed by atoms with E-state index >= 15 is 0 Å². The van der Waals surface area contributed by atoms with E-state index in [2.05, 4.69) is 14.9 Å². The first-order valence-electron chi connectivity index (χ1n) is 7.13. The summed E-state index contributed by atoms with van der Waals surface area (Å²) in [6, 6.07) is 3.71. The van der Waals surface area contributed by atoms with Crippen LogP contribution in [0.25, 0.3) is 0 Å². The Bertz CT molecular complexity index is 652. The number of thiophene rings is 1. The number of methoxy groups -OCH3 is 1. The first-order chi connectivity index (χ1) is 10.7. The molecular weight excluding hydrogens is 300 g/mol. The van der Waals surface area contributed by atoms with Gasteiger partial charge >= 0.3 is 0 Å². The summed E-state index contributed by atoms with van der Waals surface area (Å²) in [4.78, 5) is 25.0. The highest BCUT2D eigenvalue weighted by Gasteiger charge is 2.23. The lowest BCUT2D eigenvalue weighted by Crippen LogP contribution is -2.49. The second kappa shape index (κ2) is 6.31. The number of rotatable bonds is 3. The maximum absolute atomic E-state index is 12.3. The van der Waals surface area contributed by atoms with Gasteiger partial charge in [0.1, 0.15) is 11.6 Å². The van der Waals surface area contributed by atoms with Crippen molar-refractivity contribution in [2.24, 2.45) is 0 Å². The molecule has 0 atom stereocenters. The highest BCUT2D eigenvalue weighted by Crippen LogP contribution is 2.19. The maximum Gasteiger partial charge on any atom is 0.254 e. The lowest BCUT2D eigenvalue weighted by atomic mass is 10.2. The molecule has 1 saturated heterocycles. The van der Waals surface area contributed by atoms with Crippen LogP contribution in [0.5, 0.6) is 5.88 Å². The van der Waals surface area contributed by atoms with Gasteiger partial charge < -0.3 is 14.5 Å². The summed E-state index contributed by atoms with van der Waals surface area (Å²) in [6.07, 6.45) is 0. The summed E-state index contributed by atoms with van der Waals surface area (Å²) in [7, 11) is 1.60. The Morgan fingerprint density at radius 1 is 1.27 bits per heavy atom.